The number of ether oxygens (including phenoxy) is 1. The quantitative estimate of drug-likeness (QED) is 0.146. The van der Waals surface area contributed by atoms with E-state index in [-0.39, 0.29) is 13.2 Å². The van der Waals surface area contributed by atoms with Gasteiger partial charge >= 0.3 is 5.97 Å². The second-order valence-electron chi connectivity index (χ2n) is 8.73. The molecule has 6 aromatic rings. The van der Waals surface area contributed by atoms with Gasteiger partial charge in [0.05, 0.1) is 22.0 Å². The first-order valence-corrected chi connectivity index (χ1v) is 12.8. The lowest BCUT2D eigenvalue weighted by molar-refractivity contribution is 0.0488. The van der Waals surface area contributed by atoms with Gasteiger partial charge in [-0.2, -0.15) is 0 Å². The van der Waals surface area contributed by atoms with E-state index in [9.17, 15) is 14.4 Å². The number of H-pyrrole nitrogens is 1. The van der Waals surface area contributed by atoms with E-state index < -0.39 is 17.1 Å². The summed E-state index contributed by atoms with van der Waals surface area (Å²) in [5.74, 6) is -0.497. The fraction of sp³-hybridized carbons (Fsp3) is 0.148. The molecular formula is C27H18Br2N2O5. The van der Waals surface area contributed by atoms with Gasteiger partial charge < -0.3 is 14.1 Å². The highest BCUT2D eigenvalue weighted by atomic mass is 79.9. The second kappa shape index (κ2) is 8.31. The fourth-order valence-electron chi connectivity index (χ4n) is 4.97. The van der Waals surface area contributed by atoms with Gasteiger partial charge in [0.2, 0.25) is 0 Å². The first kappa shape index (κ1) is 23.0. The van der Waals surface area contributed by atoms with Crippen LogP contribution >= 0.6 is 31.9 Å². The fourth-order valence-corrected chi connectivity index (χ4v) is 6.12. The Morgan fingerprint density at radius 1 is 0.972 bits per heavy atom. The van der Waals surface area contributed by atoms with Crippen LogP contribution in [-0.2, 0) is 11.3 Å². The van der Waals surface area contributed by atoms with Crippen LogP contribution in [0.1, 0.15) is 21.6 Å². The number of para-hydroxylation sites is 1. The van der Waals surface area contributed by atoms with E-state index in [1.54, 1.807) is 25.3 Å². The van der Waals surface area contributed by atoms with E-state index in [1.807, 2.05) is 31.2 Å². The third-order valence-corrected chi connectivity index (χ3v) is 7.82. The highest BCUT2D eigenvalue weighted by molar-refractivity contribution is 9.11. The van der Waals surface area contributed by atoms with Gasteiger partial charge in [-0.25, -0.2) is 4.79 Å². The van der Waals surface area contributed by atoms with Crippen LogP contribution in [0.2, 0.25) is 0 Å². The Bertz CT molecular complexity index is 1930. The molecule has 0 unspecified atom stereocenters. The molecule has 36 heavy (non-hydrogen) atoms. The summed E-state index contributed by atoms with van der Waals surface area (Å²) < 4.78 is 14.1. The predicted molar refractivity (Wildman–Crippen MR) is 146 cm³/mol. The topological polar surface area (TPSA) is 94.3 Å². The van der Waals surface area contributed by atoms with Crippen molar-refractivity contribution in [2.45, 2.75) is 20.4 Å². The minimum Gasteiger partial charge on any atom is -0.460 e. The average Bonchev–Trinajstić information content (AvgIpc) is 3.20. The Morgan fingerprint density at radius 3 is 2.36 bits per heavy atom. The number of fused-ring (bicyclic) bond motifs is 2. The van der Waals surface area contributed by atoms with E-state index in [0.29, 0.717) is 48.4 Å². The first-order chi connectivity index (χ1) is 17.3. The minimum atomic E-state index is -0.497. The molecule has 0 saturated heterocycles. The summed E-state index contributed by atoms with van der Waals surface area (Å²) in [6.07, 6.45) is 1.73. The molecule has 0 fully saturated rings. The lowest BCUT2D eigenvalue weighted by atomic mass is 9.96. The number of carbonyl (C=O) groups excluding carboxylic acids is 1. The van der Waals surface area contributed by atoms with Crippen molar-refractivity contribution in [3.8, 4) is 0 Å². The van der Waals surface area contributed by atoms with Crippen molar-refractivity contribution in [2.75, 3.05) is 6.61 Å². The number of hydrogen-bond donors (Lipinski definition) is 1. The molecule has 3 aromatic heterocycles. The first-order valence-electron chi connectivity index (χ1n) is 11.2. The molecule has 0 saturated carbocycles. The summed E-state index contributed by atoms with van der Waals surface area (Å²) >= 11 is 7.22. The van der Waals surface area contributed by atoms with Gasteiger partial charge in [0, 0.05) is 43.3 Å². The number of aromatic nitrogens is 2. The lowest BCUT2D eigenvalue weighted by Crippen LogP contribution is -2.35. The summed E-state index contributed by atoms with van der Waals surface area (Å²) in [4.78, 5) is 42.6. The smallest absolute Gasteiger partial charge is 0.340 e. The van der Waals surface area contributed by atoms with Gasteiger partial charge in [-0.15, -0.1) is 0 Å². The van der Waals surface area contributed by atoms with Crippen LogP contribution in [0.4, 0.5) is 0 Å². The largest absolute Gasteiger partial charge is 0.460 e. The zero-order valence-corrected chi connectivity index (χ0v) is 22.4. The van der Waals surface area contributed by atoms with Crippen LogP contribution in [0.5, 0.6) is 0 Å². The van der Waals surface area contributed by atoms with Crippen molar-refractivity contribution in [1.82, 2.24) is 9.55 Å². The lowest BCUT2D eigenvalue weighted by Gasteiger charge is -2.16. The van der Waals surface area contributed by atoms with Gasteiger partial charge in [0.25, 0.3) is 11.1 Å². The Balaban J connectivity index is 1.52. The monoisotopic (exact) mass is 608 g/mol. The van der Waals surface area contributed by atoms with Crippen LogP contribution in [-0.4, -0.2) is 22.1 Å². The Morgan fingerprint density at radius 2 is 1.67 bits per heavy atom. The highest BCUT2D eigenvalue weighted by Crippen LogP contribution is 2.43. The van der Waals surface area contributed by atoms with Crippen LogP contribution in [0.15, 0.2) is 65.5 Å². The molecule has 0 aliphatic heterocycles. The third kappa shape index (κ3) is 3.26. The number of carbonyl (C=O) groups is 1. The molecule has 9 heteroatoms. The molecule has 3 aromatic carbocycles. The van der Waals surface area contributed by atoms with Crippen LogP contribution in [0.3, 0.4) is 0 Å². The molecule has 0 aliphatic carbocycles. The number of hydrogen-bond acceptors (Lipinski definition) is 5. The molecule has 180 valence electrons. The molecule has 6 rings (SSSR count). The number of aromatic amines is 1. The molecule has 0 aliphatic rings. The van der Waals surface area contributed by atoms with Crippen molar-refractivity contribution < 1.29 is 13.9 Å². The molecule has 0 radical (unpaired) electrons. The molecule has 0 bridgehead atoms. The number of nitrogens with one attached hydrogen (secondary N) is 1. The molecule has 0 spiro atoms. The van der Waals surface area contributed by atoms with Gasteiger partial charge in [-0.05, 0) is 53.5 Å². The molecule has 0 atom stereocenters. The summed E-state index contributed by atoms with van der Waals surface area (Å²) in [7, 11) is 0. The van der Waals surface area contributed by atoms with Gasteiger partial charge in [-0.3, -0.25) is 14.2 Å². The van der Waals surface area contributed by atoms with Crippen molar-refractivity contribution in [1.29, 1.82) is 0 Å². The van der Waals surface area contributed by atoms with Crippen LogP contribution in [0, 0.1) is 13.8 Å². The maximum Gasteiger partial charge on any atom is 0.340 e. The van der Waals surface area contributed by atoms with E-state index in [0.717, 1.165) is 25.4 Å². The second-order valence-corrected chi connectivity index (χ2v) is 10.4. The number of benzene rings is 3. The molecule has 7 nitrogen and oxygen atoms in total. The van der Waals surface area contributed by atoms with Gasteiger partial charge in [-0.1, -0.05) is 34.1 Å². The summed E-state index contributed by atoms with van der Waals surface area (Å²) in [6.45, 7) is 3.41. The van der Waals surface area contributed by atoms with Gasteiger partial charge in [0.15, 0.2) is 0 Å². The number of pyridine rings is 1. The van der Waals surface area contributed by atoms with Crippen LogP contribution in [0.25, 0.3) is 43.5 Å². The van der Waals surface area contributed by atoms with Crippen molar-refractivity contribution in [3.05, 3.63) is 89.1 Å². The summed E-state index contributed by atoms with van der Waals surface area (Å²) in [5, 5.41) is 3.77. The predicted octanol–water partition coefficient (Wildman–Crippen LogP) is 6.18. The average molecular weight is 610 g/mol. The number of rotatable bonds is 4. The van der Waals surface area contributed by atoms with E-state index in [4.69, 9.17) is 9.15 Å². The zero-order valence-electron chi connectivity index (χ0n) is 19.2. The normalized spacial score (nSPS) is 11.9. The van der Waals surface area contributed by atoms with Crippen LogP contribution < -0.4 is 11.1 Å². The Kier molecular flexibility index (Phi) is 5.31. The number of nitrogens with zero attached hydrogens (tertiary/aromatic N) is 1. The number of esters is 1. The third-order valence-electron chi connectivity index (χ3n) is 6.61. The summed E-state index contributed by atoms with van der Waals surface area (Å²) in [6, 6.07) is 11.1. The zero-order chi connectivity index (χ0) is 25.3. The molecule has 3 heterocycles. The van der Waals surface area contributed by atoms with E-state index in [2.05, 4.69) is 36.8 Å². The SMILES string of the molecule is Cc1c[nH]c(C)c1C(=O)OCCn1c(=O)c2cc(Br)c3oc4ccccc4c4c(Br)cc(c1=O)c2c34. The Labute approximate surface area is 220 Å². The van der Waals surface area contributed by atoms with Crippen molar-refractivity contribution >= 4 is 81.3 Å². The van der Waals surface area contributed by atoms with Gasteiger partial charge in [0.1, 0.15) is 17.8 Å². The minimum absolute atomic E-state index is 0.0646. The van der Waals surface area contributed by atoms with E-state index >= 15 is 0 Å². The molecular weight excluding hydrogens is 592 g/mol. The maximum absolute atomic E-state index is 13.5. The number of halogens is 2. The highest BCUT2D eigenvalue weighted by Gasteiger charge is 2.23. The van der Waals surface area contributed by atoms with Crippen molar-refractivity contribution in [2.24, 2.45) is 0 Å². The standard InChI is InChI=1S/C27H18Br2N2O5/c1-12-11-30-13(2)20(12)27(34)35-8-7-31-25(32)15-9-17(28)22-14-5-3-4-6-19(14)36-24-18(29)10-16(26(31)33)21(15)23(22)24/h3-6,9-11,30H,7-8H2,1-2H3. The van der Waals surface area contributed by atoms with E-state index in [1.165, 1.54) is 0 Å². The number of aryl methyl sites for hydroxylation is 2. The summed E-state index contributed by atoms with van der Waals surface area (Å²) in [5.41, 5.74) is 2.30. The molecule has 1 N–H and O–H groups in total. The Hall–Kier alpha value is -3.43. The van der Waals surface area contributed by atoms with Crippen molar-refractivity contribution in [3.63, 3.8) is 0 Å². The maximum atomic E-state index is 13.5. The molecule has 0 amide bonds.